The number of alkyl halides is 3. The number of piperidine rings is 1. The van der Waals surface area contributed by atoms with E-state index < -0.39 is 95.7 Å². The van der Waals surface area contributed by atoms with Crippen LogP contribution in [0.25, 0.3) is 0 Å². The molecule has 6 N–H and O–H groups in total. The van der Waals surface area contributed by atoms with Gasteiger partial charge in [0.25, 0.3) is 11.7 Å². The molecular weight excluding hydrogens is 948 g/mol. The van der Waals surface area contributed by atoms with Crippen LogP contribution in [0.1, 0.15) is 131 Å². The summed E-state index contributed by atoms with van der Waals surface area (Å²) in [6.07, 6.45) is 7.42. The van der Waals surface area contributed by atoms with Crippen molar-refractivity contribution in [2.75, 3.05) is 26.1 Å². The summed E-state index contributed by atoms with van der Waals surface area (Å²) in [4.78, 5) is 58.3. The first-order valence-corrected chi connectivity index (χ1v) is 26.3. The number of nitrogens with zero attached hydrogens (tertiary/aromatic N) is 1. The first kappa shape index (κ1) is 59.6. The fourth-order valence-corrected chi connectivity index (χ4v) is 11.0. The van der Waals surface area contributed by atoms with Crippen LogP contribution in [0.5, 0.6) is 0 Å². The highest BCUT2D eigenvalue weighted by molar-refractivity contribution is 6.39. The molecule has 3 heterocycles. The van der Waals surface area contributed by atoms with E-state index in [1.54, 1.807) is 40.0 Å². The van der Waals surface area contributed by atoms with E-state index in [1.807, 2.05) is 45.1 Å². The van der Waals surface area contributed by atoms with Crippen molar-refractivity contribution in [2.45, 2.75) is 192 Å². The zero-order chi connectivity index (χ0) is 53.8. The molecule has 73 heavy (non-hydrogen) atoms. The molecule has 2 saturated heterocycles. The van der Waals surface area contributed by atoms with Gasteiger partial charge in [-0.25, -0.2) is 4.79 Å². The van der Waals surface area contributed by atoms with Crippen molar-refractivity contribution in [2.24, 2.45) is 35.3 Å². The average molecular weight is 1030 g/mol. The number of fused-ring (bicyclic) bond motifs is 3. The van der Waals surface area contributed by atoms with Crippen LogP contribution in [0.4, 0.5) is 18.9 Å². The lowest BCUT2D eigenvalue weighted by atomic mass is 9.78. The number of carbonyl (C=O) groups excluding carboxylic acids is 4. The molecular formula is C56H82F3N3O11. The Morgan fingerprint density at radius 3 is 2.26 bits per heavy atom. The summed E-state index contributed by atoms with van der Waals surface area (Å²) in [7, 11) is 2.95. The van der Waals surface area contributed by atoms with E-state index >= 15 is 0 Å². The first-order chi connectivity index (χ1) is 34.5. The number of rotatable bonds is 7. The van der Waals surface area contributed by atoms with Crippen LogP contribution in [0, 0.1) is 29.6 Å². The van der Waals surface area contributed by atoms with Gasteiger partial charge in [0, 0.05) is 50.4 Å². The number of nitrogens with one attached hydrogen (secondary N) is 1. The molecule has 1 saturated carbocycles. The second-order valence-electron chi connectivity index (χ2n) is 21.4. The third-order valence-electron chi connectivity index (χ3n) is 15.6. The van der Waals surface area contributed by atoms with Crippen molar-refractivity contribution in [3.63, 3.8) is 0 Å². The van der Waals surface area contributed by atoms with Crippen LogP contribution in [0.15, 0.2) is 71.9 Å². The summed E-state index contributed by atoms with van der Waals surface area (Å²) in [6.45, 7) is 11.0. The van der Waals surface area contributed by atoms with Gasteiger partial charge < -0.3 is 50.2 Å². The molecule has 5 rings (SSSR count). The molecule has 1 aromatic rings. The highest BCUT2D eigenvalue weighted by atomic mass is 19.4. The third-order valence-corrected chi connectivity index (χ3v) is 15.6. The van der Waals surface area contributed by atoms with Crippen molar-refractivity contribution in [3.8, 4) is 0 Å². The molecule has 1 aromatic carbocycles. The number of hydrogen-bond acceptors (Lipinski definition) is 13. The molecule has 14 nitrogen and oxygen atoms in total. The number of Topliss-reactive ketones (excluding diaryl/α,β-unsaturated/α-hetero) is 2. The van der Waals surface area contributed by atoms with E-state index in [0.29, 0.717) is 75.5 Å². The normalized spacial score (nSPS) is 37.4. The highest BCUT2D eigenvalue weighted by Crippen LogP contribution is 2.38. The van der Waals surface area contributed by atoms with E-state index in [2.05, 4.69) is 5.32 Å². The van der Waals surface area contributed by atoms with Crippen LogP contribution >= 0.6 is 0 Å². The van der Waals surface area contributed by atoms with Crippen molar-refractivity contribution in [1.82, 2.24) is 4.90 Å². The van der Waals surface area contributed by atoms with Crippen LogP contribution in [0.2, 0.25) is 0 Å². The lowest BCUT2D eigenvalue weighted by molar-refractivity contribution is -0.263. The minimum atomic E-state index is -4.53. The van der Waals surface area contributed by atoms with Crippen LogP contribution in [-0.2, 0) is 44.3 Å². The molecule has 4 aliphatic rings. The number of benzene rings is 1. The third kappa shape index (κ3) is 16.1. The molecule has 2 bridgehead atoms. The number of anilines is 1. The number of aliphatic hydroxyl groups excluding tert-OH is 2. The van der Waals surface area contributed by atoms with Gasteiger partial charge in [0.2, 0.25) is 5.79 Å². The summed E-state index contributed by atoms with van der Waals surface area (Å²) < 4.78 is 64.3. The number of amides is 1. The minimum absolute atomic E-state index is 0.0472. The number of aliphatic hydroxyl groups is 3. The lowest BCUT2D eigenvalue weighted by Gasteiger charge is -2.43. The maximum Gasteiger partial charge on any atom is 0.416 e. The first-order valence-electron chi connectivity index (χ1n) is 26.3. The van der Waals surface area contributed by atoms with Gasteiger partial charge in [-0.05, 0) is 145 Å². The van der Waals surface area contributed by atoms with E-state index in [0.717, 1.165) is 24.1 Å². The highest BCUT2D eigenvalue weighted by Gasteiger charge is 2.53. The van der Waals surface area contributed by atoms with Gasteiger partial charge in [-0.15, -0.1) is 0 Å². The number of hydrogen-bond donors (Lipinski definition) is 5. The summed E-state index contributed by atoms with van der Waals surface area (Å²) >= 11 is 0. The van der Waals surface area contributed by atoms with Gasteiger partial charge in [-0.2, -0.15) is 13.2 Å². The summed E-state index contributed by atoms with van der Waals surface area (Å²) in [5.74, 6) is -7.14. The number of methoxy groups -OCH3 is 2. The van der Waals surface area contributed by atoms with E-state index in [1.165, 1.54) is 24.1 Å². The summed E-state index contributed by atoms with van der Waals surface area (Å²) in [5, 5.41) is 37.5. The summed E-state index contributed by atoms with van der Waals surface area (Å²) in [5.41, 5.74) is 7.47. The largest absolute Gasteiger partial charge is 0.461 e. The van der Waals surface area contributed by atoms with Crippen molar-refractivity contribution < 1.29 is 66.6 Å². The fraction of sp³-hybridized carbons (Fsp3) is 0.679. The van der Waals surface area contributed by atoms with Crippen LogP contribution < -0.4 is 11.1 Å². The van der Waals surface area contributed by atoms with E-state index in [-0.39, 0.29) is 49.0 Å². The Morgan fingerprint density at radius 2 is 1.59 bits per heavy atom. The van der Waals surface area contributed by atoms with Gasteiger partial charge in [-0.3, -0.25) is 14.4 Å². The number of esters is 1. The standard InChI is InChI=1S/C56H82F3N3O11/c1-33-14-10-9-11-15-34(2)44(61-42-22-19-40(20-23-42)56(57,58)59)32-43-24-17-38(6)55(69,73-43)52(66)53(67)62-27-13-12-16-45(62)54(68)72-47(35(3)29-39-18-25-46(63)48(31-39)70-7)26-21-41(60)30-37(5)50(65)51(71-8)49(64)36(4)28-33/h9-11,14-15,19-20,22-23,30,33,35-36,38-39,41,43-48,50-51,61,63,65,69H,12-13,16-18,21,24-29,31-32,60H2,1-8H3/b11-9+,14-10+,34-15+,37-30+/t33-,35-,36?,38?,39?,41+,43?,44+,45?,46-,47+,48?,50?,51+,55?/m1/s1. The molecule has 3 fully saturated rings. The number of carbonyl (C=O) groups is 4. The molecule has 17 heteroatoms. The van der Waals surface area contributed by atoms with Crippen molar-refractivity contribution in [1.29, 1.82) is 0 Å². The second-order valence-corrected chi connectivity index (χ2v) is 21.4. The van der Waals surface area contributed by atoms with Crippen molar-refractivity contribution in [3.05, 3.63) is 77.4 Å². The molecule has 0 aromatic heterocycles. The number of halogens is 3. The SMILES string of the molecule is COC1CC(C[C@@H](C)[C@@H]2CC[C@H](N)/C=C(\C)C(O)[C@@H](OC)C(=O)C(C)C[C@H](C)/C=C/C=C/C=C(\C)[C@@H](Nc3ccc(C(F)(F)F)cc3)CC3CCC(C)C(O)(O3)C(=O)C(=O)N3CCCCC3C(=O)O2)CC[C@H]1O. The van der Waals surface area contributed by atoms with Gasteiger partial charge in [-0.1, -0.05) is 69.7 Å². The molecule has 1 amide bonds. The number of ether oxygens (including phenoxy) is 4. The van der Waals surface area contributed by atoms with Gasteiger partial charge in [0.1, 0.15) is 24.4 Å². The molecule has 15 atom stereocenters. The van der Waals surface area contributed by atoms with Crippen LogP contribution in [-0.4, -0.2) is 125 Å². The molecule has 0 radical (unpaired) electrons. The smallest absolute Gasteiger partial charge is 0.416 e. The summed E-state index contributed by atoms with van der Waals surface area (Å²) in [6, 6.07) is 2.30. The topological polar surface area (TPSA) is 207 Å². The Kier molecular flexibility index (Phi) is 22.1. The Hall–Kier alpha value is -4.23. The molecule has 408 valence electrons. The zero-order valence-corrected chi connectivity index (χ0v) is 44.0. The zero-order valence-electron chi connectivity index (χ0n) is 44.0. The number of allylic oxidation sites excluding steroid dienone is 5. The Bertz CT molecular complexity index is 2130. The van der Waals surface area contributed by atoms with Gasteiger partial charge in [0.15, 0.2) is 5.78 Å². The maximum absolute atomic E-state index is 14.5. The molecule has 8 unspecified atom stereocenters. The van der Waals surface area contributed by atoms with E-state index in [9.17, 15) is 47.7 Å². The maximum atomic E-state index is 14.5. The molecule has 0 spiro atoms. The minimum Gasteiger partial charge on any atom is -0.461 e. The van der Waals surface area contributed by atoms with E-state index in [4.69, 9.17) is 24.7 Å². The Morgan fingerprint density at radius 1 is 0.877 bits per heavy atom. The average Bonchev–Trinajstić information content (AvgIpc) is 3.35. The number of ketones is 2. The molecule has 1 aliphatic carbocycles. The number of cyclic esters (lactones) is 1. The number of nitrogens with two attached hydrogens (primary N) is 1. The predicted molar refractivity (Wildman–Crippen MR) is 272 cm³/mol. The Labute approximate surface area is 430 Å². The van der Waals surface area contributed by atoms with Crippen molar-refractivity contribution >= 4 is 29.1 Å². The lowest BCUT2D eigenvalue weighted by Crippen LogP contribution is -2.61. The predicted octanol–water partition coefficient (Wildman–Crippen LogP) is 8.18. The second kappa shape index (κ2) is 27.0. The quantitative estimate of drug-likeness (QED) is 0.0994. The van der Waals surface area contributed by atoms with Gasteiger partial charge >= 0.3 is 12.1 Å². The van der Waals surface area contributed by atoms with Gasteiger partial charge in [0.05, 0.1) is 23.9 Å². The van der Waals surface area contributed by atoms with Crippen LogP contribution in [0.3, 0.4) is 0 Å². The fourth-order valence-electron chi connectivity index (χ4n) is 11.0. The Balaban J connectivity index is 1.49. The monoisotopic (exact) mass is 1030 g/mol. The molecule has 3 aliphatic heterocycles.